The Balaban J connectivity index is 1.42. The molecule has 1 atom stereocenters. The lowest BCUT2D eigenvalue weighted by molar-refractivity contribution is -0.385. The highest BCUT2D eigenvalue weighted by molar-refractivity contribution is 6.07. The second-order valence-electron chi connectivity index (χ2n) is 10.1. The van der Waals surface area contributed by atoms with Gasteiger partial charge in [-0.2, -0.15) is 26.3 Å². The van der Waals surface area contributed by atoms with Crippen LogP contribution in [0.1, 0.15) is 55.4 Å². The fourth-order valence-electron chi connectivity index (χ4n) is 5.30. The van der Waals surface area contributed by atoms with Crippen LogP contribution in [0.25, 0.3) is 0 Å². The second-order valence-corrected chi connectivity index (χ2v) is 10.1. The molecule has 2 aliphatic rings. The van der Waals surface area contributed by atoms with Gasteiger partial charge in [0.1, 0.15) is 17.0 Å². The number of amides is 3. The number of alkyl halides is 6. The minimum absolute atomic E-state index is 0.0663. The van der Waals surface area contributed by atoms with E-state index in [1.165, 1.54) is 7.11 Å². The minimum atomic E-state index is -5.70. The Bertz CT molecular complexity index is 1300. The van der Waals surface area contributed by atoms with Crippen molar-refractivity contribution in [1.82, 2.24) is 10.2 Å². The third-order valence-electron chi connectivity index (χ3n) is 7.45. The van der Waals surface area contributed by atoms with Crippen LogP contribution in [0.4, 0.5) is 31.1 Å². The van der Waals surface area contributed by atoms with Gasteiger partial charge in [-0.25, -0.2) is 4.79 Å². The molecule has 1 saturated heterocycles. The quantitative estimate of drug-likeness (QED) is 0.206. The smallest absolute Gasteiger partial charge is 0.430 e. The van der Waals surface area contributed by atoms with Gasteiger partial charge in [-0.1, -0.05) is 31.5 Å². The average Bonchev–Trinajstić information content (AvgIpc) is 3.42. The molecule has 0 aliphatic carbocycles. The molecule has 2 aromatic carbocycles. The molecule has 2 aliphatic heterocycles. The number of fused-ring (bicyclic) bond motifs is 1. The standard InChI is InChI=1S/C28H30F6N2O5/c1-4-8-19-20-16-41-26(27(29,30)31,28(32,33)34)21(20)11-12-22(19)40-14-6-5-13-36-23(37)25(2,35-24(36)38)17-9-7-10-18(15-17)39-3/h7,9-12,15H,4-6,8,13-14,16H2,1-3H3,(H,35,38). The van der Waals surface area contributed by atoms with Gasteiger partial charge in [0.25, 0.3) is 11.5 Å². The fraction of sp³-hybridized carbons (Fsp3) is 0.500. The molecule has 2 aromatic rings. The number of carbonyl (C=O) groups is 2. The van der Waals surface area contributed by atoms with Crippen LogP contribution in [-0.2, 0) is 33.7 Å². The zero-order valence-electron chi connectivity index (χ0n) is 22.7. The topological polar surface area (TPSA) is 77.1 Å². The third kappa shape index (κ3) is 5.20. The van der Waals surface area contributed by atoms with Gasteiger partial charge in [-0.05, 0) is 55.5 Å². The number of carbonyl (C=O) groups excluding carboxylic acids is 2. The van der Waals surface area contributed by atoms with Gasteiger partial charge >= 0.3 is 18.4 Å². The maximum atomic E-state index is 13.7. The number of methoxy groups -OCH3 is 1. The monoisotopic (exact) mass is 588 g/mol. The fourth-order valence-corrected chi connectivity index (χ4v) is 5.30. The molecule has 0 saturated carbocycles. The number of nitrogens with zero attached hydrogens (tertiary/aromatic N) is 1. The maximum Gasteiger partial charge on any atom is 0.430 e. The number of nitrogens with one attached hydrogen (secondary N) is 1. The number of imide groups is 1. The molecule has 0 aromatic heterocycles. The van der Waals surface area contributed by atoms with Crippen molar-refractivity contribution in [1.29, 1.82) is 0 Å². The molecule has 7 nitrogen and oxygen atoms in total. The van der Waals surface area contributed by atoms with Crippen LogP contribution < -0.4 is 14.8 Å². The molecule has 1 fully saturated rings. The minimum Gasteiger partial charge on any atom is -0.497 e. The van der Waals surface area contributed by atoms with Crippen LogP contribution >= 0.6 is 0 Å². The molecule has 4 rings (SSSR count). The van der Waals surface area contributed by atoms with Crippen LogP contribution in [0.3, 0.4) is 0 Å². The van der Waals surface area contributed by atoms with Crippen molar-refractivity contribution >= 4 is 11.9 Å². The number of urea groups is 1. The summed E-state index contributed by atoms with van der Waals surface area (Å²) in [6.07, 6.45) is -10.0. The summed E-state index contributed by atoms with van der Waals surface area (Å²) in [6.45, 7) is 2.66. The van der Waals surface area contributed by atoms with E-state index in [0.717, 1.165) is 17.0 Å². The number of unbranched alkanes of at least 4 members (excludes halogenated alkanes) is 1. The predicted octanol–water partition coefficient (Wildman–Crippen LogP) is 6.12. The van der Waals surface area contributed by atoms with Gasteiger partial charge < -0.3 is 19.5 Å². The summed E-state index contributed by atoms with van der Waals surface area (Å²) in [7, 11) is 1.49. The summed E-state index contributed by atoms with van der Waals surface area (Å²) in [5.41, 5.74) is -6.00. The first-order valence-electron chi connectivity index (χ1n) is 13.0. The van der Waals surface area contributed by atoms with Crippen molar-refractivity contribution in [2.45, 2.75) is 69.6 Å². The summed E-state index contributed by atoms with van der Waals surface area (Å²) in [5.74, 6) is 0.276. The van der Waals surface area contributed by atoms with Gasteiger partial charge in [0.2, 0.25) is 0 Å². The summed E-state index contributed by atoms with van der Waals surface area (Å²) in [6, 6.07) is 8.13. The Morgan fingerprint density at radius 3 is 2.39 bits per heavy atom. The lowest BCUT2D eigenvalue weighted by Gasteiger charge is -2.33. The molecule has 2 heterocycles. The molecule has 0 radical (unpaired) electrons. The van der Waals surface area contributed by atoms with E-state index in [-0.39, 0.29) is 36.4 Å². The number of hydrogen-bond acceptors (Lipinski definition) is 5. The predicted molar refractivity (Wildman–Crippen MR) is 134 cm³/mol. The van der Waals surface area contributed by atoms with Crippen molar-refractivity contribution in [3.05, 3.63) is 58.7 Å². The molecule has 0 spiro atoms. The normalized spacial score (nSPS) is 20.3. The summed E-state index contributed by atoms with van der Waals surface area (Å²) in [4.78, 5) is 26.8. The van der Waals surface area contributed by atoms with Crippen LogP contribution in [0.2, 0.25) is 0 Å². The number of halogens is 6. The Labute approximate surface area is 232 Å². The van der Waals surface area contributed by atoms with Gasteiger partial charge in [0.15, 0.2) is 0 Å². The first-order valence-corrected chi connectivity index (χ1v) is 13.0. The SMILES string of the molecule is CCCc1c(OCCCCN2C(=O)NC(C)(c3cccc(OC)c3)C2=O)ccc2c1COC2(C(F)(F)F)C(F)(F)F. The van der Waals surface area contributed by atoms with Crippen LogP contribution in [0.15, 0.2) is 36.4 Å². The molecular weight excluding hydrogens is 558 g/mol. The average molecular weight is 589 g/mol. The van der Waals surface area contributed by atoms with Gasteiger partial charge in [-0.3, -0.25) is 9.69 Å². The molecule has 1 unspecified atom stereocenters. The summed E-state index contributed by atoms with van der Waals surface area (Å²) in [5, 5.41) is 2.72. The summed E-state index contributed by atoms with van der Waals surface area (Å²) >= 11 is 0. The van der Waals surface area contributed by atoms with Gasteiger partial charge in [0.05, 0.1) is 20.3 Å². The van der Waals surface area contributed by atoms with Crippen LogP contribution in [0, 0.1) is 0 Å². The Kier molecular flexibility index (Phi) is 8.23. The Hall–Kier alpha value is -3.48. The molecule has 13 heteroatoms. The van der Waals surface area contributed by atoms with E-state index in [1.54, 1.807) is 38.1 Å². The highest BCUT2D eigenvalue weighted by Gasteiger charge is 2.75. The Morgan fingerprint density at radius 2 is 1.76 bits per heavy atom. The largest absolute Gasteiger partial charge is 0.497 e. The highest BCUT2D eigenvalue weighted by atomic mass is 19.4. The molecule has 1 N–H and O–H groups in total. The van der Waals surface area contributed by atoms with Crippen molar-refractivity contribution in [3.8, 4) is 11.5 Å². The summed E-state index contributed by atoms with van der Waals surface area (Å²) < 4.78 is 97.8. The molecule has 41 heavy (non-hydrogen) atoms. The highest BCUT2D eigenvalue weighted by Crippen LogP contribution is 2.58. The van der Waals surface area contributed by atoms with Crippen molar-refractivity contribution in [3.63, 3.8) is 0 Å². The number of ether oxygens (including phenoxy) is 3. The van der Waals surface area contributed by atoms with Crippen molar-refractivity contribution in [2.24, 2.45) is 0 Å². The van der Waals surface area contributed by atoms with Crippen LogP contribution in [-0.4, -0.2) is 49.5 Å². The first-order chi connectivity index (χ1) is 19.2. The number of hydrogen-bond donors (Lipinski definition) is 1. The van der Waals surface area contributed by atoms with Crippen molar-refractivity contribution < 1.29 is 50.1 Å². The van der Waals surface area contributed by atoms with E-state index in [1.807, 2.05) is 0 Å². The third-order valence-corrected chi connectivity index (χ3v) is 7.45. The van der Waals surface area contributed by atoms with E-state index in [9.17, 15) is 35.9 Å². The van der Waals surface area contributed by atoms with Crippen LogP contribution in [0.5, 0.6) is 11.5 Å². The Morgan fingerprint density at radius 1 is 1.05 bits per heavy atom. The maximum absolute atomic E-state index is 13.7. The number of rotatable bonds is 10. The van der Waals surface area contributed by atoms with E-state index in [2.05, 4.69) is 10.1 Å². The zero-order chi connectivity index (χ0) is 30.2. The van der Waals surface area contributed by atoms with E-state index in [4.69, 9.17) is 9.47 Å². The first kappa shape index (κ1) is 30.5. The number of benzene rings is 2. The van der Waals surface area contributed by atoms with Gasteiger partial charge in [-0.15, -0.1) is 0 Å². The molecular formula is C28H30F6N2O5. The van der Waals surface area contributed by atoms with Gasteiger partial charge in [0, 0.05) is 17.7 Å². The van der Waals surface area contributed by atoms with E-state index >= 15 is 0 Å². The zero-order valence-corrected chi connectivity index (χ0v) is 22.7. The molecule has 224 valence electrons. The van der Waals surface area contributed by atoms with Crippen molar-refractivity contribution in [2.75, 3.05) is 20.3 Å². The second kappa shape index (κ2) is 11.1. The van der Waals surface area contributed by atoms with E-state index < -0.39 is 47.6 Å². The van der Waals surface area contributed by atoms with E-state index in [0.29, 0.717) is 30.6 Å². The lowest BCUT2D eigenvalue weighted by Crippen LogP contribution is -2.53. The molecule has 0 bridgehead atoms. The lowest BCUT2D eigenvalue weighted by atomic mass is 9.87. The molecule has 3 amide bonds.